The van der Waals surface area contributed by atoms with E-state index in [0.717, 1.165) is 31.5 Å². The summed E-state index contributed by atoms with van der Waals surface area (Å²) in [4.78, 5) is 0. The highest BCUT2D eigenvalue weighted by Gasteiger charge is 2.58. The van der Waals surface area contributed by atoms with Crippen LogP contribution in [0.2, 0.25) is 0 Å². The minimum absolute atomic E-state index is 0.131. The number of nitrogens with one attached hydrogen (secondary N) is 1. The first-order valence-corrected chi connectivity index (χ1v) is 5.61. The fourth-order valence-electron chi connectivity index (χ4n) is 2.08. The molecule has 0 saturated carbocycles. The molecule has 6 heteroatoms. The van der Waals surface area contributed by atoms with Gasteiger partial charge >= 0.3 is 12.1 Å². The van der Waals surface area contributed by atoms with Gasteiger partial charge in [0.05, 0.1) is 0 Å². The first-order valence-electron chi connectivity index (χ1n) is 5.61. The van der Waals surface area contributed by atoms with Gasteiger partial charge in [0.15, 0.2) is 0 Å². The molecule has 0 aliphatic carbocycles. The Bertz CT molecular complexity index is 421. The fourth-order valence-corrected chi connectivity index (χ4v) is 2.08. The molecule has 2 rings (SSSR count). The zero-order valence-corrected chi connectivity index (χ0v) is 9.40. The summed E-state index contributed by atoms with van der Waals surface area (Å²) >= 11 is 0. The quantitative estimate of drug-likeness (QED) is 0.803. The molecule has 1 fully saturated rings. The van der Waals surface area contributed by atoms with Crippen molar-refractivity contribution in [3.05, 3.63) is 35.4 Å². The van der Waals surface area contributed by atoms with E-state index in [1.54, 1.807) is 6.07 Å². The second-order valence-corrected chi connectivity index (χ2v) is 4.35. The van der Waals surface area contributed by atoms with Gasteiger partial charge in [-0.1, -0.05) is 18.2 Å². The van der Waals surface area contributed by atoms with Crippen LogP contribution >= 0.6 is 0 Å². The highest BCUT2D eigenvalue weighted by molar-refractivity contribution is 5.30. The van der Waals surface area contributed by atoms with E-state index in [2.05, 4.69) is 5.32 Å². The standard InChI is InChI=1S/C12H12F5N/c13-11(14,12(15,16)17)9-4-1-3-8(7-9)10-5-2-6-18-10/h1,3-4,7,10,18H,2,5-6H2. The zero-order chi connectivity index (χ0) is 13.4. The number of alkyl halides is 5. The van der Waals surface area contributed by atoms with Gasteiger partial charge in [-0.05, 0) is 31.0 Å². The number of hydrogen-bond acceptors (Lipinski definition) is 1. The lowest BCUT2D eigenvalue weighted by atomic mass is 9.99. The van der Waals surface area contributed by atoms with Crippen LogP contribution in [-0.2, 0) is 5.92 Å². The van der Waals surface area contributed by atoms with Gasteiger partial charge in [-0.15, -0.1) is 0 Å². The summed E-state index contributed by atoms with van der Waals surface area (Å²) in [5.74, 6) is -4.80. The summed E-state index contributed by atoms with van der Waals surface area (Å²) < 4.78 is 63.2. The third-order valence-corrected chi connectivity index (χ3v) is 3.07. The summed E-state index contributed by atoms with van der Waals surface area (Å²) in [6, 6.07) is 4.43. The van der Waals surface area contributed by atoms with Crippen molar-refractivity contribution in [3.63, 3.8) is 0 Å². The molecule has 0 amide bonds. The number of halogens is 5. The summed E-state index contributed by atoms with van der Waals surface area (Å²) in [5, 5.41) is 3.06. The molecule has 1 aromatic rings. The monoisotopic (exact) mass is 265 g/mol. The molecule has 1 unspecified atom stereocenters. The van der Waals surface area contributed by atoms with E-state index in [4.69, 9.17) is 0 Å². The van der Waals surface area contributed by atoms with Gasteiger partial charge in [0, 0.05) is 11.6 Å². The van der Waals surface area contributed by atoms with E-state index in [1.807, 2.05) is 0 Å². The van der Waals surface area contributed by atoms with Crippen LogP contribution in [0.4, 0.5) is 22.0 Å². The van der Waals surface area contributed by atoms with E-state index >= 15 is 0 Å². The van der Waals surface area contributed by atoms with Crippen molar-refractivity contribution in [2.45, 2.75) is 31.0 Å². The van der Waals surface area contributed by atoms with Crippen LogP contribution in [0, 0.1) is 0 Å². The van der Waals surface area contributed by atoms with E-state index in [0.29, 0.717) is 5.56 Å². The van der Waals surface area contributed by atoms with E-state index < -0.39 is 17.7 Å². The molecule has 1 aliphatic heterocycles. The van der Waals surface area contributed by atoms with Gasteiger partial charge < -0.3 is 5.32 Å². The van der Waals surface area contributed by atoms with Crippen molar-refractivity contribution in [1.29, 1.82) is 0 Å². The lowest BCUT2D eigenvalue weighted by molar-refractivity contribution is -0.289. The van der Waals surface area contributed by atoms with Crippen molar-refractivity contribution in [3.8, 4) is 0 Å². The van der Waals surface area contributed by atoms with Gasteiger partial charge in [-0.2, -0.15) is 22.0 Å². The van der Waals surface area contributed by atoms with Crippen molar-refractivity contribution in [2.24, 2.45) is 0 Å². The average Bonchev–Trinajstić information content (AvgIpc) is 2.81. The Morgan fingerprint density at radius 2 is 1.83 bits per heavy atom. The van der Waals surface area contributed by atoms with Gasteiger partial charge in [0.1, 0.15) is 0 Å². The summed E-state index contributed by atoms with van der Waals surface area (Å²) in [6.45, 7) is 0.755. The minimum atomic E-state index is -5.56. The maximum Gasteiger partial charge on any atom is 0.458 e. The van der Waals surface area contributed by atoms with Crippen LogP contribution in [0.15, 0.2) is 24.3 Å². The van der Waals surface area contributed by atoms with E-state index in [-0.39, 0.29) is 6.04 Å². The predicted molar refractivity (Wildman–Crippen MR) is 56.4 cm³/mol. The van der Waals surface area contributed by atoms with Gasteiger partial charge in [0.25, 0.3) is 0 Å². The van der Waals surface area contributed by atoms with Crippen LogP contribution in [-0.4, -0.2) is 12.7 Å². The maximum absolute atomic E-state index is 13.2. The number of benzene rings is 1. The lowest BCUT2D eigenvalue weighted by Gasteiger charge is -2.21. The zero-order valence-electron chi connectivity index (χ0n) is 9.40. The molecule has 0 bridgehead atoms. The topological polar surface area (TPSA) is 12.0 Å². The van der Waals surface area contributed by atoms with Gasteiger partial charge in [-0.3, -0.25) is 0 Å². The molecule has 0 aromatic heterocycles. The normalized spacial score (nSPS) is 21.3. The molecular formula is C12H12F5N. The summed E-state index contributed by atoms with van der Waals surface area (Å²) in [7, 11) is 0. The molecule has 1 saturated heterocycles. The van der Waals surface area contributed by atoms with Crippen molar-refractivity contribution >= 4 is 0 Å². The van der Waals surface area contributed by atoms with Gasteiger partial charge in [0.2, 0.25) is 0 Å². The van der Waals surface area contributed by atoms with Crippen LogP contribution in [0.3, 0.4) is 0 Å². The molecule has 1 N–H and O–H groups in total. The molecule has 1 aliphatic rings. The molecule has 0 spiro atoms. The first-order chi connectivity index (χ1) is 8.32. The Balaban J connectivity index is 2.32. The first kappa shape index (κ1) is 13.3. The molecular weight excluding hydrogens is 253 g/mol. The molecule has 100 valence electrons. The average molecular weight is 265 g/mol. The molecule has 18 heavy (non-hydrogen) atoms. The van der Waals surface area contributed by atoms with Crippen molar-refractivity contribution in [1.82, 2.24) is 5.32 Å². The molecule has 0 radical (unpaired) electrons. The second-order valence-electron chi connectivity index (χ2n) is 4.35. The minimum Gasteiger partial charge on any atom is -0.310 e. The Morgan fingerprint density at radius 3 is 2.39 bits per heavy atom. The van der Waals surface area contributed by atoms with Crippen LogP contribution < -0.4 is 5.32 Å². The third-order valence-electron chi connectivity index (χ3n) is 3.07. The van der Waals surface area contributed by atoms with E-state index in [1.165, 1.54) is 6.07 Å². The summed E-state index contributed by atoms with van der Waals surface area (Å²) in [6.07, 6.45) is -3.92. The Hall–Kier alpha value is -1.17. The SMILES string of the molecule is FC(F)(F)C(F)(F)c1cccc(C2CCCN2)c1. The smallest absolute Gasteiger partial charge is 0.310 e. The molecule has 1 nitrogen and oxygen atoms in total. The van der Waals surface area contributed by atoms with Crippen molar-refractivity contribution in [2.75, 3.05) is 6.54 Å². The predicted octanol–water partition coefficient (Wildman–Crippen LogP) is 3.77. The highest BCUT2D eigenvalue weighted by Crippen LogP contribution is 2.44. The van der Waals surface area contributed by atoms with Crippen LogP contribution in [0.25, 0.3) is 0 Å². The maximum atomic E-state index is 13.2. The van der Waals surface area contributed by atoms with Gasteiger partial charge in [-0.25, -0.2) is 0 Å². The summed E-state index contributed by atoms with van der Waals surface area (Å²) in [5.41, 5.74) is -0.518. The lowest BCUT2D eigenvalue weighted by Crippen LogP contribution is -2.33. The second kappa shape index (κ2) is 4.50. The van der Waals surface area contributed by atoms with Crippen molar-refractivity contribution < 1.29 is 22.0 Å². The Labute approximate surface area is 101 Å². The molecule has 1 heterocycles. The largest absolute Gasteiger partial charge is 0.458 e. The Kier molecular flexibility index (Phi) is 3.31. The number of rotatable bonds is 2. The van der Waals surface area contributed by atoms with Crippen LogP contribution in [0.1, 0.15) is 30.0 Å². The Morgan fingerprint density at radius 1 is 1.11 bits per heavy atom. The highest BCUT2D eigenvalue weighted by atomic mass is 19.4. The number of hydrogen-bond donors (Lipinski definition) is 1. The van der Waals surface area contributed by atoms with Crippen LogP contribution in [0.5, 0.6) is 0 Å². The molecule has 1 atom stereocenters. The molecule has 1 aromatic carbocycles. The third kappa shape index (κ3) is 2.34. The van der Waals surface area contributed by atoms with E-state index in [9.17, 15) is 22.0 Å². The fraction of sp³-hybridized carbons (Fsp3) is 0.500.